The van der Waals surface area contributed by atoms with Crippen LogP contribution in [-0.4, -0.2) is 57.1 Å². The predicted molar refractivity (Wildman–Crippen MR) is 125 cm³/mol. The molecule has 1 saturated carbocycles. The lowest BCUT2D eigenvalue weighted by atomic mass is 9.83. The molecule has 0 radical (unpaired) electrons. The average molecular weight is 473 g/mol. The largest absolute Gasteiger partial charge is 0.481 e. The molecule has 2 amide bonds. The zero-order chi connectivity index (χ0) is 24.7. The Labute approximate surface area is 197 Å². The lowest BCUT2D eigenvalue weighted by Gasteiger charge is -2.29. The molecule has 1 aliphatic rings. The molecule has 0 saturated heterocycles. The third-order valence-corrected chi connectivity index (χ3v) is 6.42. The number of rotatable bonds is 11. The van der Waals surface area contributed by atoms with Crippen molar-refractivity contribution in [2.24, 2.45) is 11.7 Å². The van der Waals surface area contributed by atoms with E-state index >= 15 is 0 Å². The van der Waals surface area contributed by atoms with Crippen molar-refractivity contribution in [1.29, 1.82) is 0 Å². The molecule has 184 valence electrons. The number of carboxylic acids is 2. The Balaban J connectivity index is 1.67. The van der Waals surface area contributed by atoms with Crippen molar-refractivity contribution in [3.05, 3.63) is 36.0 Å². The summed E-state index contributed by atoms with van der Waals surface area (Å²) in [7, 11) is 0. The highest BCUT2D eigenvalue weighted by molar-refractivity contribution is 5.92. The molecule has 1 fully saturated rings. The number of carbonyl (C=O) groups excluding carboxylic acids is 2. The van der Waals surface area contributed by atoms with Gasteiger partial charge in [-0.05, 0) is 43.2 Å². The van der Waals surface area contributed by atoms with Gasteiger partial charge >= 0.3 is 11.9 Å². The van der Waals surface area contributed by atoms with Crippen LogP contribution < -0.4 is 16.4 Å². The maximum absolute atomic E-state index is 12.9. The van der Waals surface area contributed by atoms with E-state index in [1.807, 2.05) is 24.3 Å². The molecule has 3 rings (SSSR count). The molecule has 0 unspecified atom stereocenters. The van der Waals surface area contributed by atoms with E-state index in [2.05, 4.69) is 15.6 Å². The first-order valence-electron chi connectivity index (χ1n) is 11.6. The van der Waals surface area contributed by atoms with Crippen molar-refractivity contribution in [2.75, 3.05) is 0 Å². The van der Waals surface area contributed by atoms with Crippen LogP contribution in [0.4, 0.5) is 0 Å². The van der Waals surface area contributed by atoms with E-state index in [1.165, 1.54) is 0 Å². The van der Waals surface area contributed by atoms with Crippen LogP contribution in [0, 0.1) is 5.92 Å². The number of aromatic nitrogens is 1. The average Bonchev–Trinajstić information content (AvgIpc) is 3.22. The second-order valence-corrected chi connectivity index (χ2v) is 8.89. The number of fused-ring (bicyclic) bond motifs is 1. The highest BCUT2D eigenvalue weighted by atomic mass is 16.4. The summed E-state index contributed by atoms with van der Waals surface area (Å²) >= 11 is 0. The predicted octanol–water partition coefficient (Wildman–Crippen LogP) is 1.54. The minimum Gasteiger partial charge on any atom is -0.481 e. The number of benzene rings is 1. The summed E-state index contributed by atoms with van der Waals surface area (Å²) in [5, 5.41) is 24.7. The van der Waals surface area contributed by atoms with Crippen molar-refractivity contribution in [1.82, 2.24) is 15.6 Å². The number of carbonyl (C=O) groups is 4. The second-order valence-electron chi connectivity index (χ2n) is 8.89. The quantitative estimate of drug-likeness (QED) is 0.287. The Morgan fingerprint density at radius 1 is 1.03 bits per heavy atom. The highest BCUT2D eigenvalue weighted by Crippen LogP contribution is 2.27. The summed E-state index contributed by atoms with van der Waals surface area (Å²) in [6.07, 6.45) is 5.65. The molecule has 0 aliphatic heterocycles. The Morgan fingerprint density at radius 2 is 1.74 bits per heavy atom. The summed E-state index contributed by atoms with van der Waals surface area (Å²) in [5.41, 5.74) is 7.85. The lowest BCUT2D eigenvalue weighted by Crippen LogP contribution is -2.56. The summed E-state index contributed by atoms with van der Waals surface area (Å²) < 4.78 is 0. The van der Waals surface area contributed by atoms with Crippen LogP contribution >= 0.6 is 0 Å². The normalized spacial score (nSPS) is 17.0. The third-order valence-electron chi connectivity index (χ3n) is 6.42. The summed E-state index contributed by atoms with van der Waals surface area (Å²) in [6.45, 7) is 0. The zero-order valence-corrected chi connectivity index (χ0v) is 19.0. The second kappa shape index (κ2) is 11.6. The monoisotopic (exact) mass is 472 g/mol. The molecule has 1 heterocycles. The van der Waals surface area contributed by atoms with Gasteiger partial charge < -0.3 is 31.6 Å². The number of para-hydroxylation sites is 1. The zero-order valence-electron chi connectivity index (χ0n) is 19.0. The van der Waals surface area contributed by atoms with E-state index in [0.717, 1.165) is 35.7 Å². The number of amides is 2. The topological polar surface area (TPSA) is 175 Å². The van der Waals surface area contributed by atoms with Gasteiger partial charge in [-0.25, -0.2) is 4.79 Å². The molecule has 7 N–H and O–H groups in total. The molecule has 10 nitrogen and oxygen atoms in total. The van der Waals surface area contributed by atoms with Crippen LogP contribution in [0.5, 0.6) is 0 Å². The van der Waals surface area contributed by atoms with E-state index in [0.29, 0.717) is 12.8 Å². The Hall–Kier alpha value is -3.40. The fourth-order valence-corrected chi connectivity index (χ4v) is 4.55. The van der Waals surface area contributed by atoms with E-state index < -0.39 is 41.9 Å². The molecule has 1 aromatic heterocycles. The fourth-order valence-electron chi connectivity index (χ4n) is 4.55. The highest BCUT2D eigenvalue weighted by Gasteiger charge is 2.33. The molecule has 3 atom stereocenters. The lowest BCUT2D eigenvalue weighted by molar-refractivity contribution is -0.144. The van der Waals surface area contributed by atoms with Gasteiger partial charge in [-0.15, -0.1) is 0 Å². The first-order valence-corrected chi connectivity index (χ1v) is 11.6. The molecule has 0 bridgehead atoms. The molecule has 1 aromatic carbocycles. The van der Waals surface area contributed by atoms with Gasteiger partial charge in [0.1, 0.15) is 12.1 Å². The Morgan fingerprint density at radius 3 is 2.41 bits per heavy atom. The van der Waals surface area contributed by atoms with Gasteiger partial charge in [0.05, 0.1) is 6.04 Å². The van der Waals surface area contributed by atoms with Gasteiger partial charge in [0.15, 0.2) is 0 Å². The summed E-state index contributed by atoms with van der Waals surface area (Å²) in [5.74, 6) is -3.79. The first kappa shape index (κ1) is 25.2. The molecular weight excluding hydrogens is 440 g/mol. The number of nitrogens with two attached hydrogens (primary N) is 1. The maximum Gasteiger partial charge on any atom is 0.326 e. The SMILES string of the molecule is N[C@@H](Cc1c[nH]c2ccccc12)C(=O)N[C@@H](CCC(=O)O)C(=O)N[C@H](C(=O)O)C1CCCCC1. The van der Waals surface area contributed by atoms with Crippen molar-refractivity contribution >= 4 is 34.7 Å². The Kier molecular flexibility index (Phi) is 8.64. The minimum atomic E-state index is -1.21. The number of aromatic amines is 1. The third kappa shape index (κ3) is 6.57. The van der Waals surface area contributed by atoms with Gasteiger partial charge in [-0.1, -0.05) is 37.5 Å². The standard InChI is InChI=1S/C24H32N4O6/c25-17(12-15-13-26-18-9-5-4-8-16(15)18)22(31)27-19(10-11-20(29)30)23(32)28-21(24(33)34)14-6-2-1-3-7-14/h4-5,8-9,13-14,17,19,21,26H,1-3,6-7,10-12,25H2,(H,27,31)(H,28,32)(H,29,30)(H,33,34)/t17-,19-,21-/m0/s1. The van der Waals surface area contributed by atoms with Gasteiger partial charge in [-0.2, -0.15) is 0 Å². The fraction of sp³-hybridized carbons (Fsp3) is 0.500. The molecule has 2 aromatic rings. The first-order chi connectivity index (χ1) is 16.3. The summed E-state index contributed by atoms with van der Waals surface area (Å²) in [4.78, 5) is 51.8. The van der Waals surface area contributed by atoms with E-state index in [1.54, 1.807) is 6.20 Å². The molecule has 1 aliphatic carbocycles. The maximum atomic E-state index is 12.9. The van der Waals surface area contributed by atoms with E-state index in [-0.39, 0.29) is 25.2 Å². The van der Waals surface area contributed by atoms with Crippen molar-refractivity contribution in [3.8, 4) is 0 Å². The van der Waals surface area contributed by atoms with E-state index in [9.17, 15) is 24.3 Å². The molecule has 10 heteroatoms. The van der Waals surface area contributed by atoms with E-state index in [4.69, 9.17) is 10.8 Å². The smallest absolute Gasteiger partial charge is 0.326 e. The van der Waals surface area contributed by atoms with Crippen LogP contribution in [0.15, 0.2) is 30.5 Å². The number of hydrogen-bond acceptors (Lipinski definition) is 5. The van der Waals surface area contributed by atoms with Gasteiger partial charge in [0.2, 0.25) is 11.8 Å². The minimum absolute atomic E-state index is 0.177. The van der Waals surface area contributed by atoms with Crippen LogP contribution in [0.25, 0.3) is 10.9 Å². The molecule has 0 spiro atoms. The number of aliphatic carboxylic acids is 2. The van der Waals surface area contributed by atoms with Crippen LogP contribution in [0.3, 0.4) is 0 Å². The molecule has 34 heavy (non-hydrogen) atoms. The van der Waals surface area contributed by atoms with Crippen LogP contribution in [-0.2, 0) is 25.6 Å². The van der Waals surface area contributed by atoms with Gasteiger partial charge in [0.25, 0.3) is 0 Å². The van der Waals surface area contributed by atoms with Gasteiger partial charge in [0, 0.05) is 23.5 Å². The molecular formula is C24H32N4O6. The number of nitrogens with one attached hydrogen (secondary N) is 3. The number of hydrogen-bond donors (Lipinski definition) is 6. The van der Waals surface area contributed by atoms with Gasteiger partial charge in [-0.3, -0.25) is 14.4 Å². The van der Waals surface area contributed by atoms with Crippen molar-refractivity contribution < 1.29 is 29.4 Å². The Bertz CT molecular complexity index is 1030. The van der Waals surface area contributed by atoms with Crippen LogP contribution in [0.2, 0.25) is 0 Å². The number of H-pyrrole nitrogens is 1. The summed E-state index contributed by atoms with van der Waals surface area (Å²) in [6, 6.07) is 4.31. The van der Waals surface area contributed by atoms with Crippen molar-refractivity contribution in [3.63, 3.8) is 0 Å². The van der Waals surface area contributed by atoms with Crippen molar-refractivity contribution in [2.45, 2.75) is 69.5 Å². The number of carboxylic acid groups (broad SMARTS) is 2. The van der Waals surface area contributed by atoms with Crippen LogP contribution in [0.1, 0.15) is 50.5 Å².